The fourth-order valence-electron chi connectivity index (χ4n) is 1.21. The van der Waals surface area contributed by atoms with Gasteiger partial charge in [0.1, 0.15) is 6.61 Å². The van der Waals surface area contributed by atoms with Crippen LogP contribution in [0.3, 0.4) is 0 Å². The van der Waals surface area contributed by atoms with E-state index in [1.165, 1.54) is 6.92 Å². The molecule has 1 heterocycles. The first-order valence-corrected chi connectivity index (χ1v) is 4.89. The van der Waals surface area contributed by atoms with Crippen LogP contribution in [0.25, 0.3) is 0 Å². The standard InChI is InChI=1S/C9H11F3N2O4/c1-5-6(15)13-8(17)14(7(5)16)2-3-18-4-9(10,11)12/h16H,2-4H2,1H3,(H,13,15,17). The SMILES string of the molecule is Cc1c(O)n(CCOCC(F)(F)F)c(=O)[nH]c1=O. The molecule has 2 N–H and O–H groups in total. The zero-order valence-electron chi connectivity index (χ0n) is 9.37. The molecule has 1 rings (SSSR count). The fraction of sp³-hybridized carbons (Fsp3) is 0.556. The Bertz CT molecular complexity index is 532. The van der Waals surface area contributed by atoms with Gasteiger partial charge >= 0.3 is 11.9 Å². The first-order chi connectivity index (χ1) is 8.22. The molecule has 0 fully saturated rings. The van der Waals surface area contributed by atoms with Crippen LogP contribution in [-0.4, -0.2) is 34.0 Å². The summed E-state index contributed by atoms with van der Waals surface area (Å²) in [6.45, 7) is -0.873. The van der Waals surface area contributed by atoms with Crippen molar-refractivity contribution in [2.75, 3.05) is 13.2 Å². The Kier molecular flexibility index (Phi) is 4.17. The summed E-state index contributed by atoms with van der Waals surface area (Å²) in [6.07, 6.45) is -4.45. The molecule has 0 aromatic carbocycles. The number of ether oxygens (including phenoxy) is 1. The third-order valence-corrected chi connectivity index (χ3v) is 2.12. The van der Waals surface area contributed by atoms with Crippen LogP contribution in [0.1, 0.15) is 5.56 Å². The van der Waals surface area contributed by atoms with Crippen LogP contribution < -0.4 is 11.2 Å². The number of aromatic amines is 1. The zero-order chi connectivity index (χ0) is 13.9. The number of nitrogens with zero attached hydrogens (tertiary/aromatic N) is 1. The summed E-state index contributed by atoms with van der Waals surface area (Å²) in [7, 11) is 0. The van der Waals surface area contributed by atoms with E-state index in [0.29, 0.717) is 0 Å². The summed E-state index contributed by atoms with van der Waals surface area (Å²) >= 11 is 0. The molecule has 0 radical (unpaired) electrons. The second kappa shape index (κ2) is 5.25. The summed E-state index contributed by atoms with van der Waals surface area (Å²) in [6, 6.07) is 0. The first-order valence-electron chi connectivity index (χ1n) is 4.89. The van der Waals surface area contributed by atoms with E-state index >= 15 is 0 Å². The largest absolute Gasteiger partial charge is 0.494 e. The van der Waals surface area contributed by atoms with Crippen LogP contribution in [0.15, 0.2) is 9.59 Å². The molecule has 0 saturated carbocycles. The smallest absolute Gasteiger partial charge is 0.411 e. The molecule has 0 bridgehead atoms. The number of H-pyrrole nitrogens is 1. The van der Waals surface area contributed by atoms with Gasteiger partial charge < -0.3 is 9.84 Å². The van der Waals surface area contributed by atoms with Crippen LogP contribution >= 0.6 is 0 Å². The number of nitrogens with one attached hydrogen (secondary N) is 1. The molecule has 0 aliphatic rings. The Hall–Kier alpha value is -1.77. The molecule has 0 atom stereocenters. The predicted molar refractivity (Wildman–Crippen MR) is 54.6 cm³/mol. The number of hydrogen-bond acceptors (Lipinski definition) is 4. The molecular weight excluding hydrogens is 257 g/mol. The molecule has 102 valence electrons. The minimum absolute atomic E-state index is 0.0922. The number of halogens is 3. The summed E-state index contributed by atoms with van der Waals surface area (Å²) in [5, 5.41) is 9.48. The van der Waals surface area contributed by atoms with Crippen LogP contribution in [0.2, 0.25) is 0 Å². The number of rotatable bonds is 4. The Morgan fingerprint density at radius 3 is 2.56 bits per heavy atom. The lowest BCUT2D eigenvalue weighted by atomic mass is 10.3. The van der Waals surface area contributed by atoms with Gasteiger partial charge in [-0.2, -0.15) is 13.2 Å². The number of alkyl halides is 3. The van der Waals surface area contributed by atoms with E-state index in [4.69, 9.17) is 0 Å². The van der Waals surface area contributed by atoms with Crippen LogP contribution in [0.4, 0.5) is 13.2 Å². The molecular formula is C9H11F3N2O4. The highest BCUT2D eigenvalue weighted by atomic mass is 19.4. The molecule has 0 spiro atoms. The van der Waals surface area contributed by atoms with Crippen molar-refractivity contribution in [2.45, 2.75) is 19.6 Å². The number of hydrogen-bond donors (Lipinski definition) is 2. The lowest BCUT2D eigenvalue weighted by Crippen LogP contribution is -2.32. The highest BCUT2D eigenvalue weighted by molar-refractivity contribution is 5.20. The third-order valence-electron chi connectivity index (χ3n) is 2.12. The maximum absolute atomic E-state index is 11.8. The Labute approximate surface area is 98.6 Å². The van der Waals surface area contributed by atoms with Gasteiger partial charge in [0.25, 0.3) is 5.56 Å². The lowest BCUT2D eigenvalue weighted by molar-refractivity contribution is -0.174. The van der Waals surface area contributed by atoms with E-state index in [-0.39, 0.29) is 12.1 Å². The normalized spacial score (nSPS) is 11.8. The lowest BCUT2D eigenvalue weighted by Gasteiger charge is -2.10. The van der Waals surface area contributed by atoms with Gasteiger partial charge in [-0.3, -0.25) is 14.3 Å². The monoisotopic (exact) mass is 268 g/mol. The molecule has 0 aliphatic heterocycles. The van der Waals surface area contributed by atoms with Crippen molar-refractivity contribution < 1.29 is 23.0 Å². The number of aromatic nitrogens is 2. The van der Waals surface area contributed by atoms with Gasteiger partial charge in [-0.1, -0.05) is 0 Å². The topological polar surface area (TPSA) is 84.3 Å². The molecule has 9 heteroatoms. The summed E-state index contributed by atoms with van der Waals surface area (Å²) in [4.78, 5) is 24.3. The highest BCUT2D eigenvalue weighted by Gasteiger charge is 2.27. The third kappa shape index (κ3) is 3.62. The summed E-state index contributed by atoms with van der Waals surface area (Å²) in [5.41, 5.74) is -1.74. The van der Waals surface area contributed by atoms with Crippen molar-refractivity contribution >= 4 is 0 Å². The van der Waals surface area contributed by atoms with Crippen LogP contribution in [0, 0.1) is 6.92 Å². The van der Waals surface area contributed by atoms with E-state index in [1.54, 1.807) is 0 Å². The van der Waals surface area contributed by atoms with E-state index in [9.17, 15) is 27.9 Å². The fourth-order valence-corrected chi connectivity index (χ4v) is 1.21. The second-order valence-electron chi connectivity index (χ2n) is 3.53. The maximum atomic E-state index is 11.8. The quantitative estimate of drug-likeness (QED) is 0.760. The van der Waals surface area contributed by atoms with Crippen molar-refractivity contribution in [1.82, 2.24) is 9.55 Å². The Morgan fingerprint density at radius 1 is 1.39 bits per heavy atom. The number of aromatic hydroxyl groups is 1. The van der Waals surface area contributed by atoms with Gasteiger partial charge in [0, 0.05) is 0 Å². The summed E-state index contributed by atoms with van der Waals surface area (Å²) in [5.74, 6) is -0.584. The van der Waals surface area contributed by atoms with Crippen LogP contribution in [0.5, 0.6) is 5.88 Å². The van der Waals surface area contributed by atoms with Crippen molar-refractivity contribution in [3.8, 4) is 5.88 Å². The van der Waals surface area contributed by atoms with E-state index in [1.807, 2.05) is 4.98 Å². The Morgan fingerprint density at radius 2 is 2.00 bits per heavy atom. The molecule has 0 aliphatic carbocycles. The average molecular weight is 268 g/mol. The molecule has 18 heavy (non-hydrogen) atoms. The van der Waals surface area contributed by atoms with Crippen LogP contribution in [-0.2, 0) is 11.3 Å². The minimum atomic E-state index is -4.45. The zero-order valence-corrected chi connectivity index (χ0v) is 9.37. The Balaban J connectivity index is 2.72. The highest BCUT2D eigenvalue weighted by Crippen LogP contribution is 2.14. The maximum Gasteiger partial charge on any atom is 0.411 e. The molecule has 1 aromatic heterocycles. The molecule has 1 aromatic rings. The first kappa shape index (κ1) is 14.3. The van der Waals surface area contributed by atoms with Gasteiger partial charge in [0.15, 0.2) is 0 Å². The molecule has 0 amide bonds. The van der Waals surface area contributed by atoms with Crippen molar-refractivity contribution in [1.29, 1.82) is 0 Å². The van der Waals surface area contributed by atoms with E-state index < -0.39 is 36.5 Å². The van der Waals surface area contributed by atoms with Gasteiger partial charge in [0.2, 0.25) is 5.88 Å². The van der Waals surface area contributed by atoms with Gasteiger partial charge in [0.05, 0.1) is 18.7 Å². The van der Waals surface area contributed by atoms with Gasteiger partial charge in [-0.15, -0.1) is 0 Å². The molecule has 0 saturated heterocycles. The predicted octanol–water partition coefficient (Wildman–Crippen LogP) is 0.130. The second-order valence-corrected chi connectivity index (χ2v) is 3.53. The van der Waals surface area contributed by atoms with E-state index in [0.717, 1.165) is 4.57 Å². The van der Waals surface area contributed by atoms with Gasteiger partial charge in [-0.25, -0.2) is 4.79 Å². The van der Waals surface area contributed by atoms with Crippen molar-refractivity contribution in [2.24, 2.45) is 0 Å². The van der Waals surface area contributed by atoms with Crippen molar-refractivity contribution in [3.05, 3.63) is 26.4 Å². The van der Waals surface area contributed by atoms with E-state index in [2.05, 4.69) is 4.74 Å². The van der Waals surface area contributed by atoms with Gasteiger partial charge in [-0.05, 0) is 6.92 Å². The molecule has 0 unspecified atom stereocenters. The van der Waals surface area contributed by atoms with Crippen molar-refractivity contribution in [3.63, 3.8) is 0 Å². The minimum Gasteiger partial charge on any atom is -0.494 e. The summed E-state index contributed by atoms with van der Waals surface area (Å²) < 4.78 is 40.3. The average Bonchev–Trinajstić information content (AvgIpc) is 2.23. The molecule has 6 nitrogen and oxygen atoms in total.